The minimum absolute atomic E-state index is 0.0645. The normalized spacial score (nSPS) is 15.3. The Bertz CT molecular complexity index is 1220. The Labute approximate surface area is 188 Å². The van der Waals surface area contributed by atoms with Gasteiger partial charge in [0.25, 0.3) is 17.7 Å². The van der Waals surface area contributed by atoms with Gasteiger partial charge in [0, 0.05) is 18.8 Å². The van der Waals surface area contributed by atoms with Crippen LogP contribution in [0.2, 0.25) is 5.02 Å². The third-order valence-corrected chi connectivity index (χ3v) is 5.77. The van der Waals surface area contributed by atoms with Gasteiger partial charge in [0.05, 0.1) is 28.0 Å². The summed E-state index contributed by atoms with van der Waals surface area (Å²) >= 11 is 6.19. The molecule has 5 rings (SSSR count). The van der Waals surface area contributed by atoms with Crippen molar-refractivity contribution in [2.24, 2.45) is 0 Å². The van der Waals surface area contributed by atoms with Crippen molar-refractivity contribution in [1.29, 1.82) is 0 Å². The molecule has 0 aliphatic carbocycles. The average molecular weight is 448 g/mol. The summed E-state index contributed by atoms with van der Waals surface area (Å²) in [6.07, 6.45) is 3.53. The highest BCUT2D eigenvalue weighted by Gasteiger charge is 2.36. The highest BCUT2D eigenvalue weighted by Crippen LogP contribution is 2.30. The van der Waals surface area contributed by atoms with Gasteiger partial charge in [-0.05, 0) is 43.2 Å². The van der Waals surface area contributed by atoms with Crippen LogP contribution < -0.4 is 15.1 Å². The van der Waals surface area contributed by atoms with Gasteiger partial charge < -0.3 is 10.2 Å². The van der Waals surface area contributed by atoms with Gasteiger partial charge in [-0.1, -0.05) is 29.8 Å². The molecular formula is C23H18ClN5O3. The molecule has 1 saturated heterocycles. The fraction of sp³-hybridized carbons (Fsp3) is 0.174. The lowest BCUT2D eigenvalue weighted by molar-refractivity contribution is 0.0925. The van der Waals surface area contributed by atoms with Gasteiger partial charge in [-0.3, -0.25) is 14.4 Å². The second-order valence-electron chi connectivity index (χ2n) is 7.56. The third kappa shape index (κ3) is 3.48. The second kappa shape index (κ2) is 8.05. The molecular weight excluding hydrogens is 430 g/mol. The monoisotopic (exact) mass is 447 g/mol. The van der Waals surface area contributed by atoms with E-state index < -0.39 is 17.7 Å². The molecule has 1 aromatic heterocycles. The number of amides is 3. The van der Waals surface area contributed by atoms with Gasteiger partial charge in [0.15, 0.2) is 5.69 Å². The summed E-state index contributed by atoms with van der Waals surface area (Å²) in [7, 11) is 0. The minimum atomic E-state index is -0.502. The number of hydrogen-bond donors (Lipinski definition) is 1. The summed E-state index contributed by atoms with van der Waals surface area (Å²) in [4.78, 5) is 50.1. The molecule has 32 heavy (non-hydrogen) atoms. The van der Waals surface area contributed by atoms with Crippen molar-refractivity contribution in [3.05, 3.63) is 76.6 Å². The lowest BCUT2D eigenvalue weighted by Gasteiger charge is -2.17. The van der Waals surface area contributed by atoms with Crippen LogP contribution in [0.15, 0.2) is 54.7 Å². The predicted octanol–water partition coefficient (Wildman–Crippen LogP) is 3.78. The molecule has 160 valence electrons. The molecule has 2 aromatic carbocycles. The summed E-state index contributed by atoms with van der Waals surface area (Å²) in [6.45, 7) is 1.68. The Morgan fingerprint density at radius 3 is 2.34 bits per heavy atom. The van der Waals surface area contributed by atoms with E-state index in [1.165, 1.54) is 6.20 Å². The molecule has 0 spiro atoms. The Balaban J connectivity index is 1.39. The summed E-state index contributed by atoms with van der Waals surface area (Å²) in [6, 6.07) is 13.2. The van der Waals surface area contributed by atoms with Crippen molar-refractivity contribution in [1.82, 2.24) is 9.97 Å². The Morgan fingerprint density at radius 2 is 1.66 bits per heavy atom. The number of imide groups is 1. The zero-order valence-corrected chi connectivity index (χ0v) is 17.7. The van der Waals surface area contributed by atoms with Crippen molar-refractivity contribution < 1.29 is 14.4 Å². The zero-order chi connectivity index (χ0) is 22.2. The van der Waals surface area contributed by atoms with Crippen LogP contribution in [0.3, 0.4) is 0 Å². The number of fused-ring (bicyclic) bond motifs is 1. The molecule has 0 unspecified atom stereocenters. The summed E-state index contributed by atoms with van der Waals surface area (Å²) in [5.41, 5.74) is 1.54. The van der Waals surface area contributed by atoms with Crippen LogP contribution in [0.25, 0.3) is 0 Å². The van der Waals surface area contributed by atoms with Crippen LogP contribution in [0.1, 0.15) is 44.0 Å². The van der Waals surface area contributed by atoms with E-state index >= 15 is 0 Å². The van der Waals surface area contributed by atoms with E-state index in [1.54, 1.807) is 48.5 Å². The van der Waals surface area contributed by atoms with E-state index in [1.807, 2.05) is 4.90 Å². The first-order valence-electron chi connectivity index (χ1n) is 10.2. The number of halogens is 1. The molecule has 9 heteroatoms. The number of anilines is 3. The van der Waals surface area contributed by atoms with Gasteiger partial charge in [-0.15, -0.1) is 0 Å². The number of hydrogen-bond acceptors (Lipinski definition) is 6. The fourth-order valence-electron chi connectivity index (χ4n) is 3.92. The van der Waals surface area contributed by atoms with E-state index in [0.29, 0.717) is 28.5 Å². The van der Waals surface area contributed by atoms with Crippen molar-refractivity contribution in [3.63, 3.8) is 0 Å². The molecule has 2 aliphatic rings. The molecule has 0 bridgehead atoms. The first kappa shape index (κ1) is 20.1. The molecule has 3 amide bonds. The lowest BCUT2D eigenvalue weighted by Crippen LogP contribution is -2.29. The number of aromatic nitrogens is 2. The van der Waals surface area contributed by atoms with E-state index in [9.17, 15) is 14.4 Å². The molecule has 8 nitrogen and oxygen atoms in total. The SMILES string of the molecule is O=C(Nc1cccc(N2C(=O)c3ccccc3C2=O)c1)c1nc(N2CCCC2)ncc1Cl. The minimum Gasteiger partial charge on any atom is -0.341 e. The van der Waals surface area contributed by atoms with Gasteiger partial charge in [0.1, 0.15) is 0 Å². The van der Waals surface area contributed by atoms with Gasteiger partial charge >= 0.3 is 0 Å². The molecule has 3 aromatic rings. The van der Waals surface area contributed by atoms with Crippen LogP contribution in [-0.4, -0.2) is 40.8 Å². The van der Waals surface area contributed by atoms with Crippen LogP contribution >= 0.6 is 11.6 Å². The van der Waals surface area contributed by atoms with Crippen LogP contribution in [0.5, 0.6) is 0 Å². The van der Waals surface area contributed by atoms with E-state index in [0.717, 1.165) is 30.8 Å². The summed E-state index contributed by atoms with van der Waals surface area (Å²) in [5.74, 6) is -0.833. The number of rotatable bonds is 4. The Hall–Kier alpha value is -3.78. The van der Waals surface area contributed by atoms with Crippen molar-refractivity contribution in [2.75, 3.05) is 28.2 Å². The highest BCUT2D eigenvalue weighted by molar-refractivity contribution is 6.35. The van der Waals surface area contributed by atoms with Crippen LogP contribution in [-0.2, 0) is 0 Å². The summed E-state index contributed by atoms with van der Waals surface area (Å²) in [5, 5.41) is 2.89. The van der Waals surface area contributed by atoms with Crippen molar-refractivity contribution in [2.45, 2.75) is 12.8 Å². The molecule has 0 saturated carbocycles. The number of carbonyl (C=O) groups excluding carboxylic acids is 3. The third-order valence-electron chi connectivity index (χ3n) is 5.49. The first-order valence-corrected chi connectivity index (χ1v) is 10.6. The second-order valence-corrected chi connectivity index (χ2v) is 7.96. The number of benzene rings is 2. The topological polar surface area (TPSA) is 95.5 Å². The van der Waals surface area contributed by atoms with E-state index in [4.69, 9.17) is 11.6 Å². The molecule has 0 atom stereocenters. The highest BCUT2D eigenvalue weighted by atomic mass is 35.5. The maximum atomic E-state index is 12.9. The standard InChI is InChI=1S/C23H18ClN5O3/c24-18-13-25-23(28-10-3-4-11-28)27-19(18)20(30)26-14-6-5-7-15(12-14)29-21(31)16-8-1-2-9-17(16)22(29)32/h1-2,5-9,12-13H,3-4,10-11H2,(H,26,30). The van der Waals surface area contributed by atoms with Gasteiger partial charge in [-0.2, -0.15) is 0 Å². The maximum absolute atomic E-state index is 12.9. The van der Waals surface area contributed by atoms with Crippen molar-refractivity contribution >= 4 is 46.6 Å². The summed E-state index contributed by atoms with van der Waals surface area (Å²) < 4.78 is 0. The first-order chi connectivity index (χ1) is 15.5. The predicted molar refractivity (Wildman–Crippen MR) is 120 cm³/mol. The van der Waals surface area contributed by atoms with Gasteiger partial charge in [-0.25, -0.2) is 14.9 Å². The Morgan fingerprint density at radius 1 is 0.969 bits per heavy atom. The maximum Gasteiger partial charge on any atom is 0.276 e. The lowest BCUT2D eigenvalue weighted by atomic mass is 10.1. The average Bonchev–Trinajstić information content (AvgIpc) is 3.42. The van der Waals surface area contributed by atoms with E-state index in [2.05, 4.69) is 15.3 Å². The molecule has 2 aliphatic heterocycles. The molecule has 0 radical (unpaired) electrons. The largest absolute Gasteiger partial charge is 0.341 e. The van der Waals surface area contributed by atoms with E-state index in [-0.39, 0.29) is 10.7 Å². The smallest absolute Gasteiger partial charge is 0.276 e. The molecule has 1 N–H and O–H groups in total. The van der Waals surface area contributed by atoms with Crippen LogP contribution in [0.4, 0.5) is 17.3 Å². The fourth-order valence-corrected chi connectivity index (χ4v) is 4.10. The van der Waals surface area contributed by atoms with Crippen molar-refractivity contribution in [3.8, 4) is 0 Å². The number of nitrogens with zero attached hydrogens (tertiary/aromatic N) is 4. The molecule has 1 fully saturated rings. The number of carbonyl (C=O) groups is 3. The van der Waals surface area contributed by atoms with Gasteiger partial charge in [0.2, 0.25) is 5.95 Å². The van der Waals surface area contributed by atoms with Crippen LogP contribution in [0, 0.1) is 0 Å². The zero-order valence-electron chi connectivity index (χ0n) is 16.9. The quantitative estimate of drug-likeness (QED) is 0.611. The molecule has 3 heterocycles. The number of nitrogens with one attached hydrogen (secondary N) is 1. The Kier molecular flexibility index (Phi) is 5.07.